The van der Waals surface area contributed by atoms with Crippen LogP contribution in [0.3, 0.4) is 0 Å². The monoisotopic (exact) mass is 420 g/mol. The van der Waals surface area contributed by atoms with Crippen LogP contribution in [0.1, 0.15) is 12.5 Å². The lowest BCUT2D eigenvalue weighted by Crippen LogP contribution is -2.45. The first-order valence-electron chi connectivity index (χ1n) is 8.51. The predicted octanol–water partition coefficient (Wildman–Crippen LogP) is 2.42. The van der Waals surface area contributed by atoms with Crippen LogP contribution in [0, 0.1) is 12.7 Å². The first-order valence-corrected chi connectivity index (χ1v) is 10.2. The van der Waals surface area contributed by atoms with E-state index in [2.05, 4.69) is 17.2 Å². The first kappa shape index (κ1) is 22.3. The van der Waals surface area contributed by atoms with Crippen LogP contribution in [0.4, 0.5) is 15.8 Å². The Kier molecular flexibility index (Phi) is 6.55. The lowest BCUT2D eigenvalue weighted by molar-refractivity contribution is -0.130. The largest absolute Gasteiger partial charge is 0.379 e. The van der Waals surface area contributed by atoms with Crippen molar-refractivity contribution in [3.63, 3.8) is 0 Å². The molecule has 2 aromatic carbocycles. The maximum atomic E-state index is 13.0. The number of anilines is 2. The topological polar surface area (TPSA) is 113 Å². The maximum absolute atomic E-state index is 13.0. The molecule has 2 amide bonds. The lowest BCUT2D eigenvalue weighted by Gasteiger charge is -2.22. The van der Waals surface area contributed by atoms with Crippen molar-refractivity contribution in [2.24, 2.45) is 0 Å². The molecule has 0 spiro atoms. The zero-order valence-corrected chi connectivity index (χ0v) is 16.7. The van der Waals surface area contributed by atoms with Gasteiger partial charge in [0.25, 0.3) is 5.91 Å². The summed E-state index contributed by atoms with van der Waals surface area (Å²) in [7, 11) is -4.04. The predicted molar refractivity (Wildman–Crippen MR) is 108 cm³/mol. The van der Waals surface area contributed by atoms with Crippen molar-refractivity contribution in [1.82, 2.24) is 0 Å². The van der Waals surface area contributed by atoms with Gasteiger partial charge in [-0.25, -0.2) is 12.8 Å². The van der Waals surface area contributed by atoms with Crippen LogP contribution in [-0.4, -0.2) is 36.7 Å². The summed E-state index contributed by atoms with van der Waals surface area (Å²) < 4.78 is 37.9. The molecule has 0 saturated carbocycles. The van der Waals surface area contributed by atoms with Crippen LogP contribution in [0.5, 0.6) is 0 Å². The molecule has 154 valence electrons. The van der Waals surface area contributed by atoms with Crippen LogP contribution < -0.4 is 10.6 Å². The number of hydrogen-bond donors (Lipinski definition) is 3. The number of halogens is 1. The van der Waals surface area contributed by atoms with Gasteiger partial charge in [0.1, 0.15) is 5.82 Å². The quantitative estimate of drug-likeness (QED) is 0.470. The van der Waals surface area contributed by atoms with Gasteiger partial charge in [-0.1, -0.05) is 6.58 Å². The molecule has 1 atom stereocenters. The highest BCUT2D eigenvalue weighted by molar-refractivity contribution is 7.91. The SMILES string of the molecule is C=CC(=O)Nc1ccc(NC(=O)[C@@](C)(O)CS(=O)(=O)c2ccc(F)cc2)cc1C. The highest BCUT2D eigenvalue weighted by atomic mass is 32.2. The summed E-state index contributed by atoms with van der Waals surface area (Å²) in [6.07, 6.45) is 1.12. The van der Waals surface area contributed by atoms with Crippen molar-refractivity contribution < 1.29 is 27.5 Å². The molecular formula is C20H21FN2O5S. The molecule has 0 radical (unpaired) electrons. The molecule has 7 nitrogen and oxygen atoms in total. The van der Waals surface area contributed by atoms with Crippen LogP contribution in [0.15, 0.2) is 60.0 Å². The zero-order chi connectivity index (χ0) is 21.8. The van der Waals surface area contributed by atoms with Crippen LogP contribution in [0.2, 0.25) is 0 Å². The van der Waals surface area contributed by atoms with Gasteiger partial charge in [-0.2, -0.15) is 0 Å². The molecule has 0 aliphatic carbocycles. The molecule has 9 heteroatoms. The molecule has 0 heterocycles. The number of aliphatic hydroxyl groups is 1. The van der Waals surface area contributed by atoms with E-state index in [4.69, 9.17) is 0 Å². The van der Waals surface area contributed by atoms with E-state index < -0.39 is 32.9 Å². The summed E-state index contributed by atoms with van der Waals surface area (Å²) in [5.74, 6) is -2.80. The Hall–Kier alpha value is -3.04. The number of carbonyl (C=O) groups excluding carboxylic acids is 2. The minimum Gasteiger partial charge on any atom is -0.379 e. The summed E-state index contributed by atoms with van der Waals surface area (Å²) >= 11 is 0. The molecule has 0 fully saturated rings. The summed E-state index contributed by atoms with van der Waals surface area (Å²) in [5, 5.41) is 15.5. The summed E-state index contributed by atoms with van der Waals surface area (Å²) in [4.78, 5) is 23.6. The van der Waals surface area contributed by atoms with E-state index in [0.29, 0.717) is 16.9 Å². The molecule has 0 aromatic heterocycles. The Bertz CT molecular complexity index is 1050. The second-order valence-corrected chi connectivity index (χ2v) is 8.65. The van der Waals surface area contributed by atoms with Gasteiger partial charge in [0.05, 0.1) is 10.6 Å². The second kappa shape index (κ2) is 8.54. The molecule has 3 N–H and O–H groups in total. The molecule has 2 rings (SSSR count). The van der Waals surface area contributed by atoms with E-state index in [-0.39, 0.29) is 10.8 Å². The fourth-order valence-corrected chi connectivity index (χ4v) is 4.08. The van der Waals surface area contributed by atoms with Gasteiger partial charge in [0, 0.05) is 11.4 Å². The molecule has 0 bridgehead atoms. The number of sulfone groups is 1. The van der Waals surface area contributed by atoms with Gasteiger partial charge in [-0.3, -0.25) is 9.59 Å². The molecule has 0 saturated heterocycles. The third-order valence-electron chi connectivity index (χ3n) is 4.06. The van der Waals surface area contributed by atoms with Crippen molar-refractivity contribution in [3.8, 4) is 0 Å². The standard InChI is InChI=1S/C20H21FN2O5S/c1-4-18(24)23-17-10-7-15(11-13(17)2)22-19(25)20(3,26)12-29(27,28)16-8-5-14(21)6-9-16/h4-11,26H,1,12H2,2-3H3,(H,22,25)(H,23,24)/t20-/m0/s1. The Balaban J connectivity index is 2.14. The maximum Gasteiger partial charge on any atom is 0.257 e. The molecule has 0 unspecified atom stereocenters. The lowest BCUT2D eigenvalue weighted by atomic mass is 10.1. The third kappa shape index (κ3) is 5.72. The van der Waals surface area contributed by atoms with Gasteiger partial charge in [0.2, 0.25) is 5.91 Å². The molecular weight excluding hydrogens is 399 g/mol. The van der Waals surface area contributed by atoms with E-state index in [9.17, 15) is 27.5 Å². The second-order valence-electron chi connectivity index (χ2n) is 6.66. The number of aryl methyl sites for hydroxylation is 1. The average Bonchev–Trinajstić information content (AvgIpc) is 2.63. The summed E-state index contributed by atoms with van der Waals surface area (Å²) in [6.45, 7) is 6.14. The average molecular weight is 420 g/mol. The fourth-order valence-electron chi connectivity index (χ4n) is 2.49. The van der Waals surface area contributed by atoms with Gasteiger partial charge in [-0.05, 0) is 68.0 Å². The normalized spacial score (nSPS) is 13.2. The number of rotatable bonds is 7. The van der Waals surface area contributed by atoms with Gasteiger partial charge >= 0.3 is 0 Å². The Morgan fingerprint density at radius 2 is 1.79 bits per heavy atom. The van der Waals surface area contributed by atoms with Crippen molar-refractivity contribution in [2.75, 3.05) is 16.4 Å². The first-order chi connectivity index (χ1) is 13.4. The highest BCUT2D eigenvalue weighted by Crippen LogP contribution is 2.22. The summed E-state index contributed by atoms with van der Waals surface area (Å²) in [6, 6.07) is 8.70. The van der Waals surface area contributed by atoms with E-state index in [1.807, 2.05) is 0 Å². The Morgan fingerprint density at radius 1 is 1.17 bits per heavy atom. The van der Waals surface area contributed by atoms with E-state index >= 15 is 0 Å². The molecule has 29 heavy (non-hydrogen) atoms. The molecule has 0 aliphatic rings. The number of carbonyl (C=O) groups is 2. The van der Waals surface area contributed by atoms with Gasteiger partial charge in [-0.15, -0.1) is 0 Å². The Labute approximate surface area is 168 Å². The minimum atomic E-state index is -4.04. The fraction of sp³-hybridized carbons (Fsp3) is 0.200. The van der Waals surface area contributed by atoms with E-state index in [0.717, 1.165) is 37.3 Å². The van der Waals surface area contributed by atoms with Crippen molar-refractivity contribution in [1.29, 1.82) is 0 Å². The van der Waals surface area contributed by atoms with Gasteiger partial charge < -0.3 is 15.7 Å². The van der Waals surface area contributed by atoms with Crippen molar-refractivity contribution >= 4 is 33.0 Å². The number of amides is 2. The highest BCUT2D eigenvalue weighted by Gasteiger charge is 2.36. The van der Waals surface area contributed by atoms with Crippen LogP contribution in [0.25, 0.3) is 0 Å². The van der Waals surface area contributed by atoms with Crippen molar-refractivity contribution in [3.05, 3.63) is 66.5 Å². The third-order valence-corrected chi connectivity index (χ3v) is 5.99. The molecule has 0 aliphatic heterocycles. The molecule has 2 aromatic rings. The van der Waals surface area contributed by atoms with Crippen LogP contribution in [-0.2, 0) is 19.4 Å². The zero-order valence-electron chi connectivity index (χ0n) is 15.9. The van der Waals surface area contributed by atoms with Crippen LogP contribution >= 0.6 is 0 Å². The number of hydrogen-bond acceptors (Lipinski definition) is 5. The minimum absolute atomic E-state index is 0.204. The smallest absolute Gasteiger partial charge is 0.257 e. The van der Waals surface area contributed by atoms with E-state index in [1.54, 1.807) is 19.1 Å². The Morgan fingerprint density at radius 3 is 2.34 bits per heavy atom. The van der Waals surface area contributed by atoms with E-state index in [1.165, 1.54) is 6.07 Å². The van der Waals surface area contributed by atoms with Gasteiger partial charge in [0.15, 0.2) is 15.4 Å². The van der Waals surface area contributed by atoms with Crippen molar-refractivity contribution in [2.45, 2.75) is 24.3 Å². The number of nitrogens with one attached hydrogen (secondary N) is 2. The number of benzene rings is 2. The summed E-state index contributed by atoms with van der Waals surface area (Å²) in [5.41, 5.74) is -0.782.